The molecule has 5 heteroatoms. The van der Waals surface area contributed by atoms with Crippen molar-refractivity contribution in [1.29, 1.82) is 0 Å². The van der Waals surface area contributed by atoms with Crippen molar-refractivity contribution in [2.24, 2.45) is 0 Å². The van der Waals surface area contributed by atoms with E-state index >= 15 is 0 Å². The molecule has 62 heavy (non-hydrogen) atoms. The summed E-state index contributed by atoms with van der Waals surface area (Å²) < 4.78 is 9.03. The molecule has 0 bridgehead atoms. The Morgan fingerprint density at radius 3 is 1.61 bits per heavy atom. The largest absolute Gasteiger partial charge is 0.435 e. The first-order chi connectivity index (χ1) is 30.7. The van der Waals surface area contributed by atoms with Crippen LogP contribution in [-0.2, 0) is 0 Å². The van der Waals surface area contributed by atoms with Gasteiger partial charge in [-0.1, -0.05) is 121 Å². The van der Waals surface area contributed by atoms with Crippen LogP contribution in [0.15, 0.2) is 235 Å². The standard InChI is InChI=1S/C57H38N4O/c1-5-16-41(17-6-1)57-58-52-34-31-40-29-28-39-30-32-47(37-50(39)55(40)56(52)62-57)60(46-25-15-24-45(36-46)59(42-18-7-2-8-19-42)43-20-9-3-10-21-43)48-33-35-54-51(38-48)49-26-13-14-27-53(49)61(54)44-22-11-4-12-23-44/h1-38H. The zero-order valence-corrected chi connectivity index (χ0v) is 33.6. The summed E-state index contributed by atoms with van der Waals surface area (Å²) in [6, 6.07) is 81.7. The molecule has 10 aromatic carbocycles. The zero-order valence-electron chi connectivity index (χ0n) is 33.6. The fourth-order valence-electron chi connectivity index (χ4n) is 9.13. The topological polar surface area (TPSA) is 37.4 Å². The summed E-state index contributed by atoms with van der Waals surface area (Å²) in [7, 11) is 0. The molecule has 12 rings (SSSR count). The number of para-hydroxylation sites is 4. The maximum atomic E-state index is 6.67. The van der Waals surface area contributed by atoms with E-state index in [0.29, 0.717) is 5.89 Å². The number of benzene rings is 10. The van der Waals surface area contributed by atoms with Gasteiger partial charge in [0.2, 0.25) is 5.89 Å². The van der Waals surface area contributed by atoms with Gasteiger partial charge in [0, 0.05) is 61.5 Å². The first-order valence-electron chi connectivity index (χ1n) is 21.0. The van der Waals surface area contributed by atoms with Gasteiger partial charge in [-0.3, -0.25) is 0 Å². The molecule has 0 saturated heterocycles. The highest BCUT2D eigenvalue weighted by atomic mass is 16.3. The number of hydrogen-bond donors (Lipinski definition) is 0. The summed E-state index contributed by atoms with van der Waals surface area (Å²) in [4.78, 5) is 9.67. The number of aromatic nitrogens is 2. The maximum Gasteiger partial charge on any atom is 0.227 e. The monoisotopic (exact) mass is 794 g/mol. The van der Waals surface area contributed by atoms with Crippen molar-refractivity contribution in [3.8, 4) is 17.1 Å². The van der Waals surface area contributed by atoms with E-state index in [4.69, 9.17) is 9.40 Å². The minimum Gasteiger partial charge on any atom is -0.435 e. The number of hydrogen-bond acceptors (Lipinski definition) is 4. The van der Waals surface area contributed by atoms with Crippen molar-refractivity contribution in [2.45, 2.75) is 0 Å². The third kappa shape index (κ3) is 5.98. The second kappa shape index (κ2) is 14.7. The summed E-state index contributed by atoms with van der Waals surface area (Å²) in [5, 5.41) is 6.75. The normalized spacial score (nSPS) is 11.5. The number of nitrogens with zero attached hydrogens (tertiary/aromatic N) is 4. The third-order valence-corrected chi connectivity index (χ3v) is 11.9. The van der Waals surface area contributed by atoms with Crippen molar-refractivity contribution in [3.63, 3.8) is 0 Å². The van der Waals surface area contributed by atoms with Crippen molar-refractivity contribution in [3.05, 3.63) is 231 Å². The molecule has 0 atom stereocenters. The van der Waals surface area contributed by atoms with Crippen molar-refractivity contribution in [2.75, 3.05) is 9.80 Å². The van der Waals surface area contributed by atoms with Gasteiger partial charge in [-0.25, -0.2) is 4.98 Å². The average Bonchev–Trinajstić information content (AvgIpc) is 3.93. The van der Waals surface area contributed by atoms with E-state index in [1.165, 1.54) is 16.3 Å². The van der Waals surface area contributed by atoms with E-state index in [9.17, 15) is 0 Å². The van der Waals surface area contributed by atoms with Gasteiger partial charge in [0.1, 0.15) is 5.52 Å². The summed E-state index contributed by atoms with van der Waals surface area (Å²) >= 11 is 0. The van der Waals surface area contributed by atoms with Gasteiger partial charge >= 0.3 is 0 Å². The van der Waals surface area contributed by atoms with Crippen LogP contribution in [0.1, 0.15) is 0 Å². The zero-order chi connectivity index (χ0) is 41.0. The van der Waals surface area contributed by atoms with Gasteiger partial charge in [-0.2, -0.15) is 0 Å². The SMILES string of the molecule is c1ccc(-c2nc3ccc4ccc5ccc(N(c6cccc(N(c7ccccc7)c7ccccc7)c6)c6ccc7c(c6)c6ccccc6n7-c6ccccc6)cc5c4c3o2)cc1. The van der Waals surface area contributed by atoms with E-state index < -0.39 is 0 Å². The quantitative estimate of drug-likeness (QED) is 0.144. The molecule has 2 heterocycles. The molecule has 12 aromatic rings. The molecule has 0 aliphatic rings. The lowest BCUT2D eigenvalue weighted by Crippen LogP contribution is -2.13. The van der Waals surface area contributed by atoms with Crippen LogP contribution in [0.2, 0.25) is 0 Å². The van der Waals surface area contributed by atoms with Gasteiger partial charge < -0.3 is 18.8 Å². The van der Waals surface area contributed by atoms with Gasteiger partial charge in [-0.05, 0) is 125 Å². The van der Waals surface area contributed by atoms with Crippen molar-refractivity contribution >= 4 is 88.6 Å². The highest BCUT2D eigenvalue weighted by molar-refractivity contribution is 6.19. The molecule has 0 amide bonds. The Labute approximate surface area is 358 Å². The lowest BCUT2D eigenvalue weighted by atomic mass is 10.00. The molecule has 0 radical (unpaired) electrons. The van der Waals surface area contributed by atoms with E-state index in [2.05, 4.69) is 215 Å². The van der Waals surface area contributed by atoms with Gasteiger partial charge in [0.05, 0.1) is 11.0 Å². The molecule has 0 spiro atoms. The maximum absolute atomic E-state index is 6.67. The molecule has 5 nitrogen and oxygen atoms in total. The van der Waals surface area contributed by atoms with Crippen LogP contribution < -0.4 is 9.80 Å². The molecule has 0 N–H and O–H groups in total. The van der Waals surface area contributed by atoms with Crippen LogP contribution in [0.3, 0.4) is 0 Å². The summed E-state index contributed by atoms with van der Waals surface area (Å²) in [5.74, 6) is 0.615. The average molecular weight is 795 g/mol. The van der Waals surface area contributed by atoms with Gasteiger partial charge in [-0.15, -0.1) is 0 Å². The number of rotatable bonds is 8. The number of oxazole rings is 1. The first kappa shape index (κ1) is 35.5. The molecule has 0 fully saturated rings. The van der Waals surface area contributed by atoms with Crippen molar-refractivity contribution in [1.82, 2.24) is 9.55 Å². The van der Waals surface area contributed by atoms with Crippen LogP contribution in [0.4, 0.5) is 34.1 Å². The summed E-state index contributed by atoms with van der Waals surface area (Å²) in [6.07, 6.45) is 0. The van der Waals surface area contributed by atoms with Crippen LogP contribution >= 0.6 is 0 Å². The predicted octanol–water partition coefficient (Wildman–Crippen LogP) is 15.8. The van der Waals surface area contributed by atoms with Crippen LogP contribution in [0, 0.1) is 0 Å². The minimum absolute atomic E-state index is 0.615. The van der Waals surface area contributed by atoms with E-state index in [-0.39, 0.29) is 0 Å². The number of fused-ring (bicyclic) bond motifs is 8. The second-order valence-electron chi connectivity index (χ2n) is 15.6. The molecular formula is C57H38N4O. The Kier molecular flexibility index (Phi) is 8.42. The molecule has 2 aromatic heterocycles. The van der Waals surface area contributed by atoms with E-state index in [1.54, 1.807) is 0 Å². The smallest absolute Gasteiger partial charge is 0.227 e. The molecule has 292 valence electrons. The van der Waals surface area contributed by atoms with Gasteiger partial charge in [0.15, 0.2) is 5.58 Å². The lowest BCUT2D eigenvalue weighted by Gasteiger charge is -2.29. The van der Waals surface area contributed by atoms with Crippen molar-refractivity contribution < 1.29 is 4.42 Å². The fourth-order valence-corrected chi connectivity index (χ4v) is 9.13. The Morgan fingerprint density at radius 1 is 0.371 bits per heavy atom. The van der Waals surface area contributed by atoms with Gasteiger partial charge in [0.25, 0.3) is 0 Å². The Bertz CT molecular complexity index is 3540. The third-order valence-electron chi connectivity index (χ3n) is 11.9. The van der Waals surface area contributed by atoms with E-state index in [0.717, 1.165) is 83.5 Å². The van der Waals surface area contributed by atoms with E-state index in [1.807, 2.05) is 30.3 Å². The Balaban J connectivity index is 1.10. The second-order valence-corrected chi connectivity index (χ2v) is 15.6. The fraction of sp³-hybridized carbons (Fsp3) is 0. The highest BCUT2D eigenvalue weighted by Gasteiger charge is 2.21. The molecule has 0 unspecified atom stereocenters. The number of anilines is 6. The Morgan fingerprint density at radius 2 is 0.887 bits per heavy atom. The molecule has 0 aliphatic heterocycles. The van der Waals surface area contributed by atoms with Crippen LogP contribution in [0.25, 0.3) is 71.6 Å². The summed E-state index contributed by atoms with van der Waals surface area (Å²) in [5.41, 5.74) is 12.4. The summed E-state index contributed by atoms with van der Waals surface area (Å²) in [6.45, 7) is 0. The molecular weight excluding hydrogens is 757 g/mol. The Hall–Kier alpha value is -8.41. The van der Waals surface area contributed by atoms with Crippen LogP contribution in [0.5, 0.6) is 0 Å². The first-order valence-corrected chi connectivity index (χ1v) is 21.0. The lowest BCUT2D eigenvalue weighted by molar-refractivity contribution is 0.623. The minimum atomic E-state index is 0.615. The highest BCUT2D eigenvalue weighted by Crippen LogP contribution is 2.44. The molecule has 0 saturated carbocycles. The molecule has 0 aliphatic carbocycles. The predicted molar refractivity (Wildman–Crippen MR) is 258 cm³/mol. The van der Waals surface area contributed by atoms with Crippen LogP contribution in [-0.4, -0.2) is 9.55 Å².